The summed E-state index contributed by atoms with van der Waals surface area (Å²) in [5, 5.41) is 0. The quantitative estimate of drug-likeness (QED) is 0.352. The monoisotopic (exact) mass is 561 g/mol. The molecule has 1 fully saturated rings. The van der Waals surface area contributed by atoms with E-state index in [-0.39, 0.29) is 61.8 Å². The van der Waals surface area contributed by atoms with Gasteiger partial charge in [0.05, 0.1) is 25.4 Å². The Hall–Kier alpha value is 0.782. The maximum atomic E-state index is 12.0. The summed E-state index contributed by atoms with van der Waals surface area (Å²) in [6.07, 6.45) is 2.37. The largest absolute Gasteiger partial charge is 0.674 e. The second-order valence-corrected chi connectivity index (χ2v) is 7.89. The van der Waals surface area contributed by atoms with Gasteiger partial charge < -0.3 is 10.5 Å². The van der Waals surface area contributed by atoms with Crippen molar-refractivity contribution < 1.29 is 66.2 Å². The second kappa shape index (κ2) is 10.1. The van der Waals surface area contributed by atoms with E-state index in [4.69, 9.17) is 14.7 Å². The fraction of sp³-hybridized carbons (Fsp3) is 0.933. The summed E-state index contributed by atoms with van der Waals surface area (Å²) in [4.78, 5) is 12.0. The molecule has 23 heavy (non-hydrogen) atoms. The van der Waals surface area contributed by atoms with E-state index < -0.39 is 34.2 Å². The summed E-state index contributed by atoms with van der Waals surface area (Å²) >= 11 is 0. The summed E-state index contributed by atoms with van der Waals surface area (Å²) in [7, 11) is -2.41. The van der Waals surface area contributed by atoms with Crippen LogP contribution in [0.1, 0.15) is 40.0 Å². The van der Waals surface area contributed by atoms with Gasteiger partial charge in [-0.15, -0.1) is 6.04 Å². The third kappa shape index (κ3) is 6.22. The average molecular weight is 561 g/mol. The van der Waals surface area contributed by atoms with Gasteiger partial charge in [-0.05, 0) is 18.3 Å². The van der Waals surface area contributed by atoms with Gasteiger partial charge in [-0.1, -0.05) is 39.5 Å². The van der Waals surface area contributed by atoms with Gasteiger partial charge in [0.2, 0.25) is 0 Å². The van der Waals surface area contributed by atoms with E-state index in [9.17, 15) is 13.2 Å². The van der Waals surface area contributed by atoms with Gasteiger partial charge in [0, 0.05) is 44.1 Å². The Morgan fingerprint density at radius 1 is 1.30 bits per heavy atom. The number of carbonyl (C=O) groups excluding carboxylic acids is 1. The first-order valence-corrected chi connectivity index (χ1v) is 9.65. The number of ether oxygens (including phenoxy) is 1. The molecule has 0 bridgehead atoms. The van der Waals surface area contributed by atoms with E-state index >= 15 is 0 Å². The number of rotatable bonds is 7. The van der Waals surface area contributed by atoms with Crippen molar-refractivity contribution in [2.75, 3.05) is 13.4 Å². The van der Waals surface area contributed by atoms with Gasteiger partial charge in [0.15, 0.2) is 0 Å². The Balaban J connectivity index is 0.00000484. The van der Waals surface area contributed by atoms with Crippen LogP contribution in [0.25, 0.3) is 5.73 Å². The molecule has 133 valence electrons. The molecule has 0 spiro atoms. The van der Waals surface area contributed by atoms with Crippen molar-refractivity contribution in [3.05, 3.63) is 5.73 Å². The minimum Gasteiger partial charge on any atom is -0.674 e. The zero-order valence-electron chi connectivity index (χ0n) is 14.6. The van der Waals surface area contributed by atoms with Crippen molar-refractivity contribution in [3.63, 3.8) is 0 Å². The van der Waals surface area contributed by atoms with E-state index in [1.807, 2.05) is 20.8 Å². The third-order valence-corrected chi connectivity index (χ3v) is 5.39. The van der Waals surface area contributed by atoms with Gasteiger partial charge in [0.25, 0.3) is 10.1 Å². The number of nitrogens with one attached hydrogen (secondary N) is 1. The predicted octanol–water partition coefficient (Wildman–Crippen LogP) is 2.63. The minimum absolute atomic E-state index is 0. The van der Waals surface area contributed by atoms with Crippen molar-refractivity contribution in [2.45, 2.75) is 52.2 Å². The maximum absolute atomic E-state index is 12.0. The standard InChI is InChI=1S/C15H28NO5S.Ac/c1-6-10(7-2)13(16)12-9(3)8-11(15(17)20-4)14(12)21-22(5,18)19;/h9-14,16H,6-8H2,1-5H3;/q-1;/t9-,11+,12-,13?,14-;/m1./s1. The van der Waals surface area contributed by atoms with E-state index in [1.54, 1.807) is 0 Å². The van der Waals surface area contributed by atoms with E-state index in [0.29, 0.717) is 6.42 Å². The molecule has 8 heteroatoms. The molecule has 0 amide bonds. The number of hydrogen-bond acceptors (Lipinski definition) is 5. The fourth-order valence-corrected chi connectivity index (χ4v) is 4.33. The first-order valence-electron chi connectivity index (χ1n) is 7.83. The smallest absolute Gasteiger partial charge is 0.311 e. The number of carbonyl (C=O) groups is 1. The SMILES string of the molecule is CCC(CC)C([NH-])[C@@H]1[C@H](OS(C)(=O)=O)[C@@H](C(=O)OC)C[C@H]1C.[Ac]. The molecule has 1 unspecified atom stereocenters. The van der Waals surface area contributed by atoms with Crippen LogP contribution in [0, 0.1) is 67.7 Å². The molecule has 0 aromatic heterocycles. The normalized spacial score (nSPS) is 29.2. The van der Waals surface area contributed by atoms with E-state index in [0.717, 1.165) is 19.1 Å². The molecule has 5 atom stereocenters. The maximum Gasteiger partial charge on any atom is 0.311 e. The first-order chi connectivity index (χ1) is 10.2. The zero-order valence-corrected chi connectivity index (χ0v) is 20.2. The Morgan fingerprint density at radius 2 is 1.83 bits per heavy atom. The average Bonchev–Trinajstić information content (AvgIpc) is 2.73. The first kappa shape index (κ1) is 23.8. The van der Waals surface area contributed by atoms with Gasteiger partial charge in [-0.2, -0.15) is 8.42 Å². The molecule has 0 aromatic carbocycles. The Morgan fingerprint density at radius 3 is 2.22 bits per heavy atom. The molecule has 1 radical (unpaired) electrons. The molecule has 0 saturated heterocycles. The summed E-state index contributed by atoms with van der Waals surface area (Å²) in [5.41, 5.74) is 8.56. The molecule has 1 saturated carbocycles. The second-order valence-electron chi connectivity index (χ2n) is 6.29. The van der Waals surface area contributed by atoms with Crippen molar-refractivity contribution in [1.82, 2.24) is 0 Å². The molecule has 0 heterocycles. The van der Waals surface area contributed by atoms with Crippen molar-refractivity contribution >= 4 is 16.1 Å². The molecular formula is C15H28AcNO5S-. The molecule has 6 nitrogen and oxygen atoms in total. The van der Waals surface area contributed by atoms with Crippen LogP contribution in [-0.2, 0) is 23.8 Å². The van der Waals surface area contributed by atoms with Crippen molar-refractivity contribution in [2.24, 2.45) is 23.7 Å². The summed E-state index contributed by atoms with van der Waals surface area (Å²) < 4.78 is 33.2. The molecule has 1 aliphatic carbocycles. The molecule has 1 aliphatic rings. The molecule has 0 aliphatic heterocycles. The van der Waals surface area contributed by atoms with Crippen LogP contribution in [0.5, 0.6) is 0 Å². The van der Waals surface area contributed by atoms with Gasteiger partial charge >= 0.3 is 5.97 Å². The van der Waals surface area contributed by atoms with Crippen LogP contribution in [0.3, 0.4) is 0 Å². The number of methoxy groups -OCH3 is 1. The third-order valence-electron chi connectivity index (χ3n) is 4.82. The topological polar surface area (TPSA) is 93.5 Å². The fourth-order valence-electron chi connectivity index (χ4n) is 3.67. The van der Waals surface area contributed by atoms with Crippen molar-refractivity contribution in [1.29, 1.82) is 0 Å². The molecular weight excluding hydrogens is 533 g/mol. The summed E-state index contributed by atoms with van der Waals surface area (Å²) in [6, 6.07) is -0.452. The van der Waals surface area contributed by atoms with Crippen LogP contribution < -0.4 is 0 Å². The van der Waals surface area contributed by atoms with Crippen LogP contribution in [-0.4, -0.2) is 39.9 Å². The summed E-state index contributed by atoms with van der Waals surface area (Å²) in [5.74, 6) is -1.17. The van der Waals surface area contributed by atoms with Crippen molar-refractivity contribution in [3.8, 4) is 0 Å². The van der Waals surface area contributed by atoms with Gasteiger partial charge in [0.1, 0.15) is 0 Å². The Bertz CT molecular complexity index is 480. The number of esters is 1. The molecule has 1 rings (SSSR count). The molecule has 0 aromatic rings. The van der Waals surface area contributed by atoms with Crippen LogP contribution in [0.15, 0.2) is 0 Å². The molecule has 1 N–H and O–H groups in total. The number of hydrogen-bond donors (Lipinski definition) is 0. The van der Waals surface area contributed by atoms with Crippen LogP contribution >= 0.6 is 0 Å². The minimum atomic E-state index is -3.70. The predicted molar refractivity (Wildman–Crippen MR) is 84.7 cm³/mol. The van der Waals surface area contributed by atoms with E-state index in [1.165, 1.54) is 7.11 Å². The van der Waals surface area contributed by atoms with E-state index in [2.05, 4.69) is 0 Å². The Labute approximate surface area is 175 Å². The zero-order chi connectivity index (χ0) is 17.1. The van der Waals surface area contributed by atoms with Crippen LogP contribution in [0.4, 0.5) is 0 Å². The van der Waals surface area contributed by atoms with Gasteiger partial charge in [-0.3, -0.25) is 8.98 Å². The summed E-state index contributed by atoms with van der Waals surface area (Å²) in [6.45, 7) is 6.01. The van der Waals surface area contributed by atoms with Gasteiger partial charge in [-0.25, -0.2) is 0 Å². The Kier molecular flexibility index (Phi) is 10.4. The van der Waals surface area contributed by atoms with Crippen LogP contribution in [0.2, 0.25) is 0 Å².